The summed E-state index contributed by atoms with van der Waals surface area (Å²) in [5, 5.41) is 0.830. The molecule has 0 atom stereocenters. The minimum absolute atomic E-state index is 0.0310. The number of halogens is 1. The molecule has 0 radical (unpaired) electrons. The maximum absolute atomic E-state index is 14.2. The van der Waals surface area contributed by atoms with Gasteiger partial charge in [-0.15, -0.1) is 0 Å². The first-order chi connectivity index (χ1) is 16.1. The first-order valence-corrected chi connectivity index (χ1v) is 11.0. The summed E-state index contributed by atoms with van der Waals surface area (Å²) in [6.45, 7) is 2.23. The number of nitrogens with zero attached hydrogens (tertiary/aromatic N) is 3. The molecule has 1 aliphatic rings. The number of fused-ring (bicyclic) bond motifs is 1. The highest BCUT2D eigenvalue weighted by molar-refractivity contribution is 6.07. The van der Waals surface area contributed by atoms with Gasteiger partial charge in [-0.3, -0.25) is 4.79 Å². The van der Waals surface area contributed by atoms with Gasteiger partial charge in [0.25, 0.3) is 5.91 Å². The zero-order valence-electron chi connectivity index (χ0n) is 18.4. The Morgan fingerprint density at radius 3 is 2.33 bits per heavy atom. The lowest BCUT2D eigenvalue weighted by Gasteiger charge is -2.36. The highest BCUT2D eigenvalue weighted by Crippen LogP contribution is 2.28. The maximum Gasteiger partial charge on any atom is 0.254 e. The van der Waals surface area contributed by atoms with Crippen LogP contribution in [0, 0.1) is 5.82 Å². The fraction of sp³-hybridized carbons (Fsp3) is 0.185. The molecule has 0 bridgehead atoms. The third-order valence-corrected chi connectivity index (χ3v) is 6.09. The first-order valence-electron chi connectivity index (χ1n) is 11.0. The maximum atomic E-state index is 14.2. The highest BCUT2D eigenvalue weighted by Gasteiger charge is 2.25. The fourth-order valence-electron chi connectivity index (χ4n) is 4.29. The van der Waals surface area contributed by atoms with Crippen molar-refractivity contribution in [2.24, 2.45) is 0 Å². The van der Waals surface area contributed by atoms with Crippen molar-refractivity contribution in [3.05, 3.63) is 90.2 Å². The molecule has 0 saturated carbocycles. The molecule has 0 unspecified atom stereocenters. The second-order valence-electron chi connectivity index (χ2n) is 8.03. The quantitative estimate of drug-likeness (QED) is 0.447. The molecule has 4 aromatic rings. The normalized spacial score (nSPS) is 13.9. The van der Waals surface area contributed by atoms with Crippen molar-refractivity contribution in [2.45, 2.75) is 0 Å². The van der Waals surface area contributed by atoms with E-state index in [9.17, 15) is 9.18 Å². The smallest absolute Gasteiger partial charge is 0.254 e. The van der Waals surface area contributed by atoms with Crippen molar-refractivity contribution in [3.63, 3.8) is 0 Å². The summed E-state index contributed by atoms with van der Waals surface area (Å²) in [7, 11) is 1.63. The van der Waals surface area contributed by atoms with Crippen LogP contribution in [-0.4, -0.2) is 49.1 Å². The Bertz CT molecular complexity index is 1300. The molecule has 3 aromatic carbocycles. The Labute approximate surface area is 192 Å². The summed E-state index contributed by atoms with van der Waals surface area (Å²) < 4.78 is 19.4. The number of para-hydroxylation sites is 2. The van der Waals surface area contributed by atoms with Gasteiger partial charge in [0.05, 0.1) is 29.6 Å². The van der Waals surface area contributed by atoms with Gasteiger partial charge in [-0.05, 0) is 48.5 Å². The number of piperazine rings is 1. The number of methoxy groups -OCH3 is 1. The number of anilines is 1. The zero-order chi connectivity index (χ0) is 22.8. The van der Waals surface area contributed by atoms with Crippen molar-refractivity contribution < 1.29 is 13.9 Å². The number of benzene rings is 3. The zero-order valence-corrected chi connectivity index (χ0v) is 18.4. The van der Waals surface area contributed by atoms with Crippen molar-refractivity contribution in [3.8, 4) is 17.0 Å². The topological polar surface area (TPSA) is 45.7 Å². The monoisotopic (exact) mass is 441 g/mol. The predicted molar refractivity (Wildman–Crippen MR) is 128 cm³/mol. The Hall–Kier alpha value is -3.93. The summed E-state index contributed by atoms with van der Waals surface area (Å²) in [4.78, 5) is 22.2. The Morgan fingerprint density at radius 1 is 0.909 bits per heavy atom. The van der Waals surface area contributed by atoms with Gasteiger partial charge in [0.2, 0.25) is 0 Å². The fourth-order valence-corrected chi connectivity index (χ4v) is 4.29. The highest BCUT2D eigenvalue weighted by atomic mass is 19.1. The molecule has 1 aliphatic heterocycles. The number of hydrogen-bond donors (Lipinski definition) is 0. The number of aromatic nitrogens is 1. The lowest BCUT2D eigenvalue weighted by molar-refractivity contribution is 0.0748. The molecule has 166 valence electrons. The van der Waals surface area contributed by atoms with E-state index in [1.54, 1.807) is 19.2 Å². The van der Waals surface area contributed by atoms with Gasteiger partial charge in [-0.1, -0.05) is 30.3 Å². The minimum Gasteiger partial charge on any atom is -0.497 e. The van der Waals surface area contributed by atoms with Crippen LogP contribution in [0.15, 0.2) is 78.9 Å². The number of ether oxygens (including phenoxy) is 1. The molecule has 5 rings (SSSR count). The van der Waals surface area contributed by atoms with E-state index in [-0.39, 0.29) is 11.7 Å². The van der Waals surface area contributed by atoms with Crippen LogP contribution in [0.1, 0.15) is 10.4 Å². The van der Waals surface area contributed by atoms with E-state index in [4.69, 9.17) is 9.72 Å². The molecule has 1 saturated heterocycles. The predicted octanol–water partition coefficient (Wildman–Crippen LogP) is 5.01. The molecule has 0 N–H and O–H groups in total. The first kappa shape index (κ1) is 20.9. The Morgan fingerprint density at radius 2 is 1.61 bits per heavy atom. The van der Waals surface area contributed by atoms with Crippen LogP contribution >= 0.6 is 0 Å². The third kappa shape index (κ3) is 4.12. The average molecular weight is 442 g/mol. The summed E-state index contributed by atoms with van der Waals surface area (Å²) in [6, 6.07) is 24.0. The van der Waals surface area contributed by atoms with Gasteiger partial charge in [-0.2, -0.15) is 0 Å². The van der Waals surface area contributed by atoms with Crippen molar-refractivity contribution >= 4 is 22.5 Å². The average Bonchev–Trinajstić information content (AvgIpc) is 2.88. The molecule has 1 fully saturated rings. The number of carbonyl (C=O) groups excluding carboxylic acids is 1. The molecule has 5 nitrogen and oxygen atoms in total. The van der Waals surface area contributed by atoms with E-state index in [2.05, 4.69) is 0 Å². The molecule has 33 heavy (non-hydrogen) atoms. The van der Waals surface area contributed by atoms with Gasteiger partial charge < -0.3 is 14.5 Å². The van der Waals surface area contributed by atoms with Crippen LogP contribution in [0.25, 0.3) is 22.2 Å². The SMILES string of the molecule is COc1ccc(-c2cc(C(=O)N3CCN(c4ccccc4F)CC3)c3ccccc3n2)cc1. The van der Waals surface area contributed by atoms with Crippen molar-refractivity contribution in [2.75, 3.05) is 38.2 Å². The van der Waals surface area contributed by atoms with Gasteiger partial charge in [0, 0.05) is 37.1 Å². The number of amides is 1. The summed E-state index contributed by atoms with van der Waals surface area (Å²) in [6.07, 6.45) is 0. The number of hydrogen-bond acceptors (Lipinski definition) is 4. The van der Waals surface area contributed by atoms with E-state index in [1.165, 1.54) is 6.07 Å². The minimum atomic E-state index is -0.235. The van der Waals surface area contributed by atoms with Crippen LogP contribution < -0.4 is 9.64 Å². The van der Waals surface area contributed by atoms with Crippen LogP contribution in [0.3, 0.4) is 0 Å². The summed E-state index contributed by atoms with van der Waals surface area (Å²) in [5.41, 5.74) is 3.65. The van der Waals surface area contributed by atoms with Crippen molar-refractivity contribution in [1.82, 2.24) is 9.88 Å². The van der Waals surface area contributed by atoms with E-state index < -0.39 is 0 Å². The summed E-state index contributed by atoms with van der Waals surface area (Å²) in [5.74, 6) is 0.502. The molecular formula is C27H24FN3O2. The second-order valence-corrected chi connectivity index (χ2v) is 8.03. The largest absolute Gasteiger partial charge is 0.497 e. The standard InChI is InChI=1S/C27H24FN3O2/c1-33-20-12-10-19(11-13-20)25-18-22(21-6-2-4-8-24(21)29-25)27(32)31-16-14-30(15-17-31)26-9-5-3-7-23(26)28/h2-13,18H,14-17H2,1H3. The molecule has 2 heterocycles. The number of rotatable bonds is 4. The van der Waals surface area contributed by atoms with Crippen LogP contribution in [0.5, 0.6) is 5.75 Å². The number of carbonyl (C=O) groups is 1. The molecule has 0 spiro atoms. The van der Waals surface area contributed by atoms with Crippen LogP contribution in [0.2, 0.25) is 0 Å². The molecule has 1 amide bonds. The van der Waals surface area contributed by atoms with Crippen LogP contribution in [-0.2, 0) is 0 Å². The van der Waals surface area contributed by atoms with Crippen LogP contribution in [0.4, 0.5) is 10.1 Å². The van der Waals surface area contributed by atoms with Gasteiger partial charge in [0.15, 0.2) is 0 Å². The van der Waals surface area contributed by atoms with Gasteiger partial charge >= 0.3 is 0 Å². The van der Waals surface area contributed by atoms with E-state index in [0.717, 1.165) is 27.9 Å². The molecule has 6 heteroatoms. The van der Waals surface area contributed by atoms with Gasteiger partial charge in [-0.25, -0.2) is 9.37 Å². The van der Waals surface area contributed by atoms with E-state index >= 15 is 0 Å². The van der Waals surface area contributed by atoms with Crippen molar-refractivity contribution in [1.29, 1.82) is 0 Å². The van der Waals surface area contributed by atoms with E-state index in [1.807, 2.05) is 70.5 Å². The molecule has 0 aliphatic carbocycles. The Balaban J connectivity index is 1.44. The lowest BCUT2D eigenvalue weighted by Crippen LogP contribution is -2.49. The second kappa shape index (κ2) is 8.90. The molecular weight excluding hydrogens is 417 g/mol. The summed E-state index contributed by atoms with van der Waals surface area (Å²) >= 11 is 0. The van der Waals surface area contributed by atoms with Gasteiger partial charge in [0.1, 0.15) is 11.6 Å². The Kier molecular flexibility index (Phi) is 5.65. The van der Waals surface area contributed by atoms with E-state index in [0.29, 0.717) is 37.4 Å². The lowest BCUT2D eigenvalue weighted by atomic mass is 10.0. The third-order valence-electron chi connectivity index (χ3n) is 6.09. The number of pyridine rings is 1. The molecule has 1 aromatic heterocycles.